The number of carbonyl (C=O) groups excluding carboxylic acids is 3. The number of hydrogen-bond donors (Lipinski definition) is 27. The van der Waals surface area contributed by atoms with Gasteiger partial charge in [0.05, 0.1) is 64.5 Å². The van der Waals surface area contributed by atoms with Crippen molar-refractivity contribution in [2.45, 2.75) is 285 Å². The van der Waals surface area contributed by atoms with Gasteiger partial charge < -0.3 is 210 Å². The minimum atomic E-state index is -3.22. The van der Waals surface area contributed by atoms with Gasteiger partial charge >= 0.3 is 5.97 Å². The van der Waals surface area contributed by atoms with Gasteiger partial charge in [-0.3, -0.25) is 14.4 Å². The number of nitrogens with one attached hydrogen (secondary N) is 3. The summed E-state index contributed by atoms with van der Waals surface area (Å²) in [4.78, 5) is 52.3. The summed E-state index contributed by atoms with van der Waals surface area (Å²) in [5, 5.41) is 270. The van der Waals surface area contributed by atoms with Crippen molar-refractivity contribution < 1.29 is 213 Å². The number of hydrogen-bond acceptors (Lipinski definition) is 42. The first-order chi connectivity index (χ1) is 48.5. The molecule has 8 rings (SSSR count). The molecule has 8 saturated heterocycles. The van der Waals surface area contributed by atoms with Crippen molar-refractivity contribution in [3.8, 4) is 0 Å². The maximum atomic E-state index is 13.4. The third kappa shape index (κ3) is 18.6. The number of carboxylic acids is 1. The molecule has 0 aromatic rings. The minimum Gasteiger partial charge on any atom is -0.477 e. The number of amides is 3. The van der Waals surface area contributed by atoms with E-state index >= 15 is 0 Å². The topological polar surface area (TPSA) is 728 Å². The molecule has 0 spiro atoms. The van der Waals surface area contributed by atoms with Gasteiger partial charge in [-0.1, -0.05) is 0 Å². The molecule has 27 N–H and O–H groups in total. The van der Waals surface area contributed by atoms with Crippen molar-refractivity contribution in [2.75, 3.05) is 46.2 Å². The van der Waals surface area contributed by atoms with Crippen molar-refractivity contribution in [3.63, 3.8) is 0 Å². The molecule has 3 amide bonds. The quantitative estimate of drug-likeness (QED) is 0.0363. The molecule has 0 bridgehead atoms. The van der Waals surface area contributed by atoms with E-state index in [2.05, 4.69) is 16.0 Å². The van der Waals surface area contributed by atoms with Gasteiger partial charge in [0, 0.05) is 27.2 Å². The van der Waals surface area contributed by atoms with E-state index in [0.717, 1.165) is 20.8 Å². The Labute approximate surface area is 582 Å². The van der Waals surface area contributed by atoms with Crippen LogP contribution in [0.25, 0.3) is 0 Å². The van der Waals surface area contributed by atoms with E-state index in [1.165, 1.54) is 6.92 Å². The summed E-state index contributed by atoms with van der Waals surface area (Å²) in [5.41, 5.74) is 0. The zero-order valence-electron chi connectivity index (χ0n) is 55.2. The Morgan fingerprint density at radius 2 is 0.835 bits per heavy atom. The van der Waals surface area contributed by atoms with E-state index in [1.54, 1.807) is 0 Å². The van der Waals surface area contributed by atoms with Crippen molar-refractivity contribution in [3.05, 3.63) is 0 Å². The second kappa shape index (κ2) is 36.3. The first kappa shape index (κ1) is 85.0. The second-order valence-corrected chi connectivity index (χ2v) is 26.1. The highest BCUT2D eigenvalue weighted by atomic mass is 16.8. The van der Waals surface area contributed by atoms with Crippen LogP contribution >= 0.6 is 0 Å². The van der Waals surface area contributed by atoms with Crippen LogP contribution in [0.3, 0.4) is 0 Å². The highest BCUT2D eigenvalue weighted by Gasteiger charge is 2.61. The molecule has 46 nitrogen and oxygen atoms in total. The monoisotopic (exact) mass is 1510 g/mol. The highest BCUT2D eigenvalue weighted by Crippen LogP contribution is 2.40. The smallest absolute Gasteiger partial charge is 0.364 e. The molecular formula is C57H95N3O43. The van der Waals surface area contributed by atoms with Gasteiger partial charge in [-0.15, -0.1) is 0 Å². The largest absolute Gasteiger partial charge is 0.477 e. The summed E-state index contributed by atoms with van der Waals surface area (Å²) in [6.45, 7) is -4.03. The molecule has 8 heterocycles. The number of aliphatic hydroxyl groups is 23. The number of aliphatic carboxylic acids is 1. The van der Waals surface area contributed by atoms with E-state index in [9.17, 15) is 142 Å². The number of carboxylic acid groups (broad SMARTS) is 1. The molecule has 41 atom stereocenters. The molecule has 103 heavy (non-hydrogen) atoms. The number of rotatable bonds is 27. The zero-order valence-corrected chi connectivity index (χ0v) is 55.2. The van der Waals surface area contributed by atoms with Gasteiger partial charge in [-0.05, 0) is 6.92 Å². The molecule has 0 aromatic heterocycles. The first-order valence-corrected chi connectivity index (χ1v) is 32.6. The second-order valence-electron chi connectivity index (χ2n) is 26.1. The highest BCUT2D eigenvalue weighted by molar-refractivity contribution is 5.77. The summed E-state index contributed by atoms with van der Waals surface area (Å²) in [7, 11) is 0. The number of aliphatic hydroxyl groups excluding tert-OH is 23. The lowest BCUT2D eigenvalue weighted by Crippen LogP contribution is -2.71. The molecule has 2 unspecified atom stereocenters. The zero-order chi connectivity index (χ0) is 76.3. The minimum absolute atomic E-state index is 0.870. The standard InChI is InChI=1S/C57H95N3O43/c1-13-28(71)34(77)39(82)52(91-13)101-47-27(60-16(4)68)50(95-22(10-65)44(47)99-53-40(83)35(78)30(73)19(7-62)93-53)89-11-23-33(76)48(42(85)55(97-23)98-43-21(9-64)92-49(86)38(81)37(43)80)102-51-26(59-15(3)67)45(100-54-41(84)36(79)31(74)20(8-63)94-54)32(75)24(96-51)12-90-57(56(87)88)5-17(69)25(58-14(2)66)46(103-57)29(72)18(70)6-61/h13,17-55,61-65,69-86H,5-12H2,1-4H3,(H,58,66)(H,59,67)(H,60,68)(H,87,88)/t13-,17-,18+,19+,20+,21+,22+,23+,24+,25+,26+,27+,28+,29+,30-,31-,32+,33-,34+,35-,36-,37+,38+,39-,40+,41+,42+,43+,44+,45+,46+,47+,48-,49?,50+,51-,52-,53?,54-,55-,57+/m0/s1. The van der Waals surface area contributed by atoms with E-state index in [1.807, 2.05) is 0 Å². The Hall–Kier alpha value is -3.64. The lowest BCUT2D eigenvalue weighted by molar-refractivity contribution is -0.389. The number of ether oxygens (including phenoxy) is 15. The molecule has 0 saturated carbocycles. The van der Waals surface area contributed by atoms with Crippen LogP contribution in [0.1, 0.15) is 34.1 Å². The average Bonchev–Trinajstić information content (AvgIpc) is 0.767. The van der Waals surface area contributed by atoms with Gasteiger partial charge in [0.25, 0.3) is 5.79 Å². The SMILES string of the molecule is CC(=O)N[C@H]1[C@H](OC[C@H]2O[C@@H](O[C@H]3[C@H](O)[C@@H](O)C(O)O[C@@H]3CO)[C@H](O)[C@@H](O[C@@H]3O[C@H](CO[C@]4(C(=O)O)C[C@H](O)[C@@H](NC(C)=O)[C@H]([C@H](O)[C@H](O)CO)O4)[C@@H](O)[C@H](O[C@@H]4O[C@H](CO)[C@H](O)[C@H](O)[C@H]4O)[C@H]3NC(C)=O)[C@H]2O)O[C@H](CO)[C@@H](OC2O[C@H](CO)[C@H](O)[C@H](O)[C@H]2O)[C@@H]1O[C@@H]1O[C@@H](C)[C@@H](O)[C@@H](O)[C@@H]1O. The molecule has 0 aromatic carbocycles. The molecule has 8 aliphatic heterocycles. The number of carbonyl (C=O) groups is 4. The van der Waals surface area contributed by atoms with Crippen LogP contribution in [-0.4, -0.2) is 444 Å². The van der Waals surface area contributed by atoms with Crippen LogP contribution in [0.15, 0.2) is 0 Å². The van der Waals surface area contributed by atoms with Gasteiger partial charge in [-0.2, -0.15) is 0 Å². The molecule has 8 fully saturated rings. The van der Waals surface area contributed by atoms with Crippen LogP contribution < -0.4 is 16.0 Å². The summed E-state index contributed by atoms with van der Waals surface area (Å²) >= 11 is 0. The van der Waals surface area contributed by atoms with Crippen LogP contribution in [0.5, 0.6) is 0 Å². The predicted molar refractivity (Wildman–Crippen MR) is 315 cm³/mol. The summed E-state index contributed by atoms with van der Waals surface area (Å²) in [5.74, 6) is -8.23. The maximum absolute atomic E-state index is 13.4. The Kier molecular flexibility index (Phi) is 29.9. The summed E-state index contributed by atoms with van der Waals surface area (Å²) in [6.07, 6.45) is -79.4. The third-order valence-electron chi connectivity index (χ3n) is 18.8. The molecule has 8 aliphatic rings. The van der Waals surface area contributed by atoms with Crippen LogP contribution in [0, 0.1) is 0 Å². The lowest BCUT2D eigenvalue weighted by Gasteiger charge is -2.51. The normalized spacial score (nSPS) is 48.3. The van der Waals surface area contributed by atoms with Crippen LogP contribution in [-0.2, 0) is 90.2 Å². The van der Waals surface area contributed by atoms with E-state index in [0.29, 0.717) is 0 Å². The maximum Gasteiger partial charge on any atom is 0.364 e. The van der Waals surface area contributed by atoms with E-state index in [4.69, 9.17) is 71.1 Å². The van der Waals surface area contributed by atoms with E-state index in [-0.39, 0.29) is 0 Å². The Balaban J connectivity index is 1.19. The van der Waals surface area contributed by atoms with Crippen molar-refractivity contribution in [2.24, 2.45) is 0 Å². The predicted octanol–water partition coefficient (Wildman–Crippen LogP) is -17.8. The molecular weight excluding hydrogens is 1410 g/mol. The molecule has 0 aliphatic carbocycles. The molecule has 46 heteroatoms. The lowest BCUT2D eigenvalue weighted by atomic mass is 9.88. The van der Waals surface area contributed by atoms with Gasteiger partial charge in [0.15, 0.2) is 44.0 Å². The van der Waals surface area contributed by atoms with Crippen LogP contribution in [0.4, 0.5) is 0 Å². The fourth-order valence-electron chi connectivity index (χ4n) is 13.1. The summed E-state index contributed by atoms with van der Waals surface area (Å²) < 4.78 is 88.7. The van der Waals surface area contributed by atoms with Crippen molar-refractivity contribution in [1.29, 1.82) is 0 Å². The third-order valence-corrected chi connectivity index (χ3v) is 18.8. The fourth-order valence-corrected chi connectivity index (χ4v) is 13.1. The molecule has 596 valence electrons. The van der Waals surface area contributed by atoms with Crippen molar-refractivity contribution in [1.82, 2.24) is 16.0 Å². The first-order valence-electron chi connectivity index (χ1n) is 32.6. The van der Waals surface area contributed by atoms with Gasteiger partial charge in [0.2, 0.25) is 17.7 Å². The Bertz CT molecular complexity index is 2720. The Morgan fingerprint density at radius 3 is 1.36 bits per heavy atom. The summed E-state index contributed by atoms with van der Waals surface area (Å²) in [6, 6.07) is -5.78. The van der Waals surface area contributed by atoms with Crippen LogP contribution in [0.2, 0.25) is 0 Å². The van der Waals surface area contributed by atoms with Crippen molar-refractivity contribution >= 4 is 23.7 Å². The average molecular weight is 1510 g/mol. The fraction of sp³-hybridized carbons (Fsp3) is 0.930. The van der Waals surface area contributed by atoms with Gasteiger partial charge in [-0.25, -0.2) is 4.79 Å². The Morgan fingerprint density at radius 1 is 0.417 bits per heavy atom. The van der Waals surface area contributed by atoms with Gasteiger partial charge in [0.1, 0.15) is 183 Å². The van der Waals surface area contributed by atoms with E-state index < -0.39 is 327 Å². The molecule has 0 radical (unpaired) electrons.